The Balaban J connectivity index is 1.61. The van der Waals surface area contributed by atoms with E-state index < -0.39 is 0 Å². The fourth-order valence-corrected chi connectivity index (χ4v) is 3.80. The first-order chi connectivity index (χ1) is 14.0. The van der Waals surface area contributed by atoms with Crippen LogP contribution in [0.1, 0.15) is 24.5 Å². The van der Waals surface area contributed by atoms with Crippen molar-refractivity contribution in [2.24, 2.45) is 4.99 Å². The lowest BCUT2D eigenvalue weighted by molar-refractivity contribution is 0.402. The molecule has 2 aromatic rings. The predicted octanol–water partition coefficient (Wildman–Crippen LogP) is 3.13. The molecule has 1 saturated heterocycles. The van der Waals surface area contributed by atoms with E-state index in [9.17, 15) is 0 Å². The van der Waals surface area contributed by atoms with Crippen molar-refractivity contribution in [2.45, 2.75) is 32.5 Å². The molecule has 0 spiro atoms. The van der Waals surface area contributed by atoms with Gasteiger partial charge in [-0.05, 0) is 50.7 Å². The highest BCUT2D eigenvalue weighted by molar-refractivity contribution is 6.32. The largest absolute Gasteiger partial charge is 0.357 e. The van der Waals surface area contributed by atoms with Crippen molar-refractivity contribution in [1.82, 2.24) is 20.5 Å². The number of guanidine groups is 1. The van der Waals surface area contributed by atoms with Crippen molar-refractivity contribution in [1.29, 1.82) is 0 Å². The number of halogens is 1. The van der Waals surface area contributed by atoms with Crippen LogP contribution < -0.4 is 15.5 Å². The number of nitrogens with one attached hydrogen (secondary N) is 2. The van der Waals surface area contributed by atoms with Gasteiger partial charge in [-0.1, -0.05) is 35.9 Å². The Hall–Kier alpha value is -2.31. The van der Waals surface area contributed by atoms with Gasteiger partial charge in [0.1, 0.15) is 5.82 Å². The molecular formula is C22H31ClN6. The molecule has 156 valence electrons. The van der Waals surface area contributed by atoms with E-state index in [1.54, 1.807) is 6.20 Å². The molecule has 2 heterocycles. The highest BCUT2D eigenvalue weighted by atomic mass is 35.5. The van der Waals surface area contributed by atoms with Crippen molar-refractivity contribution < 1.29 is 0 Å². The molecule has 1 aliphatic heterocycles. The van der Waals surface area contributed by atoms with E-state index in [2.05, 4.69) is 70.7 Å². The van der Waals surface area contributed by atoms with Crippen LogP contribution in [-0.4, -0.2) is 55.6 Å². The van der Waals surface area contributed by atoms with Gasteiger partial charge in [-0.15, -0.1) is 0 Å². The van der Waals surface area contributed by atoms with Crippen molar-refractivity contribution in [3.8, 4) is 0 Å². The zero-order chi connectivity index (χ0) is 20.6. The molecule has 2 N–H and O–H groups in total. The minimum Gasteiger partial charge on any atom is -0.357 e. The lowest BCUT2D eigenvalue weighted by Crippen LogP contribution is -2.44. The Morgan fingerprint density at radius 2 is 2.10 bits per heavy atom. The van der Waals surface area contributed by atoms with E-state index >= 15 is 0 Å². The first kappa shape index (κ1) is 21.4. The quantitative estimate of drug-likeness (QED) is 0.538. The van der Waals surface area contributed by atoms with E-state index in [0.29, 0.717) is 17.6 Å². The normalized spacial score (nSPS) is 17.1. The van der Waals surface area contributed by atoms with Gasteiger partial charge in [-0.25, -0.2) is 9.98 Å². The van der Waals surface area contributed by atoms with Gasteiger partial charge in [0.2, 0.25) is 0 Å². The monoisotopic (exact) mass is 414 g/mol. The van der Waals surface area contributed by atoms with E-state index in [1.165, 1.54) is 11.1 Å². The van der Waals surface area contributed by atoms with Crippen molar-refractivity contribution >= 4 is 23.4 Å². The average molecular weight is 415 g/mol. The Labute approximate surface area is 179 Å². The van der Waals surface area contributed by atoms with Gasteiger partial charge < -0.3 is 20.4 Å². The average Bonchev–Trinajstić information content (AvgIpc) is 3.15. The van der Waals surface area contributed by atoms with Crippen molar-refractivity contribution in [3.05, 3.63) is 58.7 Å². The minimum absolute atomic E-state index is 0.311. The molecule has 0 amide bonds. The second-order valence-corrected chi connectivity index (χ2v) is 8.04. The summed E-state index contributed by atoms with van der Waals surface area (Å²) in [6.07, 6.45) is 2.81. The lowest BCUT2D eigenvalue weighted by Gasteiger charge is -2.20. The van der Waals surface area contributed by atoms with Crippen molar-refractivity contribution in [3.63, 3.8) is 0 Å². The molecule has 1 aliphatic rings. The Kier molecular flexibility index (Phi) is 7.72. The van der Waals surface area contributed by atoms with Crippen LogP contribution in [0.5, 0.6) is 0 Å². The molecule has 6 nitrogen and oxygen atoms in total. The van der Waals surface area contributed by atoms with E-state index in [4.69, 9.17) is 16.6 Å². The number of nitrogens with zero attached hydrogens (tertiary/aromatic N) is 4. The van der Waals surface area contributed by atoms with Crippen LogP contribution in [0, 0.1) is 0 Å². The van der Waals surface area contributed by atoms with Crippen LogP contribution in [0.3, 0.4) is 0 Å². The number of aliphatic imine (C=N–C) groups is 1. The van der Waals surface area contributed by atoms with E-state index in [-0.39, 0.29) is 0 Å². The molecule has 0 aliphatic carbocycles. The molecular weight excluding hydrogens is 384 g/mol. The zero-order valence-corrected chi connectivity index (χ0v) is 18.3. The summed E-state index contributed by atoms with van der Waals surface area (Å²) in [4.78, 5) is 13.6. The Morgan fingerprint density at radius 1 is 1.28 bits per heavy atom. The van der Waals surface area contributed by atoms with Gasteiger partial charge in [0.25, 0.3) is 0 Å². The van der Waals surface area contributed by atoms with Gasteiger partial charge >= 0.3 is 0 Å². The minimum atomic E-state index is 0.311. The molecule has 0 radical (unpaired) electrons. The van der Waals surface area contributed by atoms with Gasteiger partial charge in [-0.2, -0.15) is 0 Å². The number of pyridine rings is 1. The number of anilines is 1. The molecule has 3 rings (SSSR count). The molecule has 1 aromatic carbocycles. The summed E-state index contributed by atoms with van der Waals surface area (Å²) in [5.41, 5.74) is 2.52. The lowest BCUT2D eigenvalue weighted by atomic mass is 10.1. The number of benzene rings is 1. The molecule has 29 heavy (non-hydrogen) atoms. The molecule has 1 fully saturated rings. The molecule has 7 heteroatoms. The van der Waals surface area contributed by atoms with Gasteiger partial charge in [0, 0.05) is 38.4 Å². The standard InChI is InChI=1S/C22H31ClN6/c1-4-24-22(26-14-17-7-5-8-18(13-17)15-28(2)3)27-19-10-12-29(16-19)21-20(23)9-6-11-25-21/h5-9,11,13,19H,4,10,12,14-16H2,1-3H3,(H2,24,26,27). The number of rotatable bonds is 7. The van der Waals surface area contributed by atoms with Crippen LogP contribution in [0.4, 0.5) is 5.82 Å². The molecule has 1 aromatic heterocycles. The third-order valence-corrected chi connectivity index (χ3v) is 5.12. The van der Waals surface area contributed by atoms with Gasteiger partial charge in [-0.3, -0.25) is 0 Å². The Morgan fingerprint density at radius 3 is 2.86 bits per heavy atom. The van der Waals surface area contributed by atoms with Crippen LogP contribution in [0.25, 0.3) is 0 Å². The van der Waals surface area contributed by atoms with Crippen LogP contribution in [-0.2, 0) is 13.1 Å². The zero-order valence-electron chi connectivity index (χ0n) is 17.5. The maximum absolute atomic E-state index is 6.31. The second-order valence-electron chi connectivity index (χ2n) is 7.64. The maximum Gasteiger partial charge on any atom is 0.191 e. The summed E-state index contributed by atoms with van der Waals surface area (Å²) < 4.78 is 0. The first-order valence-electron chi connectivity index (χ1n) is 10.2. The maximum atomic E-state index is 6.31. The van der Waals surface area contributed by atoms with Gasteiger partial charge in [0.05, 0.1) is 11.6 Å². The summed E-state index contributed by atoms with van der Waals surface area (Å²) in [6, 6.07) is 12.7. The van der Waals surface area contributed by atoms with Crippen molar-refractivity contribution in [2.75, 3.05) is 38.6 Å². The summed E-state index contributed by atoms with van der Waals surface area (Å²) in [5.74, 6) is 1.71. The molecule has 1 unspecified atom stereocenters. The number of hydrogen-bond donors (Lipinski definition) is 2. The highest BCUT2D eigenvalue weighted by Crippen LogP contribution is 2.25. The third kappa shape index (κ3) is 6.34. The Bertz CT molecular complexity index is 822. The topological polar surface area (TPSA) is 55.8 Å². The van der Waals surface area contributed by atoms with Crippen LogP contribution in [0.2, 0.25) is 5.02 Å². The summed E-state index contributed by atoms with van der Waals surface area (Å²) >= 11 is 6.31. The second kappa shape index (κ2) is 10.5. The van der Waals surface area contributed by atoms with Gasteiger partial charge in [0.15, 0.2) is 5.96 Å². The summed E-state index contributed by atoms with van der Waals surface area (Å²) in [6.45, 7) is 6.29. The van der Waals surface area contributed by atoms with E-state index in [0.717, 1.165) is 44.4 Å². The molecule has 0 bridgehead atoms. The summed E-state index contributed by atoms with van der Waals surface area (Å²) in [5, 5.41) is 7.63. The fourth-order valence-electron chi connectivity index (χ4n) is 3.56. The molecule has 1 atom stereocenters. The van der Waals surface area contributed by atoms with E-state index in [1.807, 2.05) is 12.1 Å². The highest BCUT2D eigenvalue weighted by Gasteiger charge is 2.25. The predicted molar refractivity (Wildman–Crippen MR) is 122 cm³/mol. The number of hydrogen-bond acceptors (Lipinski definition) is 4. The number of aromatic nitrogens is 1. The van der Waals surface area contributed by atoms with Crippen LogP contribution in [0.15, 0.2) is 47.6 Å². The first-order valence-corrected chi connectivity index (χ1v) is 10.6. The smallest absolute Gasteiger partial charge is 0.191 e. The molecule has 0 saturated carbocycles. The van der Waals surface area contributed by atoms with Crippen LogP contribution >= 0.6 is 11.6 Å². The fraction of sp³-hybridized carbons (Fsp3) is 0.455. The summed E-state index contributed by atoms with van der Waals surface area (Å²) in [7, 11) is 4.17. The SMILES string of the molecule is CCNC(=NCc1cccc(CN(C)C)c1)NC1CCN(c2ncccc2Cl)C1. The third-order valence-electron chi connectivity index (χ3n) is 4.82.